The Morgan fingerprint density at radius 3 is 2.90 bits per heavy atom. The molecule has 2 nitrogen and oxygen atoms in total. The molecule has 0 bridgehead atoms. The van der Waals surface area contributed by atoms with E-state index in [1.54, 1.807) is 12.7 Å². The average Bonchev–Trinajstić information content (AvgIpc) is 2.88. The van der Waals surface area contributed by atoms with Crippen LogP contribution in [0.15, 0.2) is 22.8 Å². The minimum atomic E-state index is -0.230. The molecule has 0 heterocycles. The molecular formula is C19H26O2. The second-order valence-corrected chi connectivity index (χ2v) is 7.80. The molecule has 4 atom stereocenters. The molecule has 2 heteroatoms. The van der Waals surface area contributed by atoms with Gasteiger partial charge in [0, 0.05) is 13.5 Å². The summed E-state index contributed by atoms with van der Waals surface area (Å²) in [5, 5.41) is 0. The molecule has 0 N–H and O–H groups in total. The van der Waals surface area contributed by atoms with Gasteiger partial charge in [0.1, 0.15) is 6.10 Å². The fraction of sp³-hybridized carbons (Fsp3) is 0.737. The second kappa shape index (κ2) is 4.81. The number of hydrogen-bond acceptors (Lipinski definition) is 2. The quantitative estimate of drug-likeness (QED) is 0.722. The van der Waals surface area contributed by atoms with Crippen LogP contribution in [0.25, 0.3) is 0 Å². The zero-order valence-electron chi connectivity index (χ0n) is 13.3. The smallest absolute Gasteiger partial charge is 0.184 e. The molecule has 0 aromatic rings. The van der Waals surface area contributed by atoms with Crippen LogP contribution in [0.5, 0.6) is 0 Å². The van der Waals surface area contributed by atoms with E-state index in [1.807, 2.05) is 6.08 Å². The molecule has 0 aromatic heterocycles. The summed E-state index contributed by atoms with van der Waals surface area (Å²) in [5.41, 5.74) is 5.14. The topological polar surface area (TPSA) is 26.3 Å². The fourth-order valence-electron chi connectivity index (χ4n) is 5.70. The monoisotopic (exact) mass is 286 g/mol. The predicted molar refractivity (Wildman–Crippen MR) is 82.9 cm³/mol. The Labute approximate surface area is 127 Å². The minimum absolute atomic E-state index is 0.178. The summed E-state index contributed by atoms with van der Waals surface area (Å²) in [6.07, 6.45) is 11.8. The molecule has 4 rings (SSSR count). The second-order valence-electron chi connectivity index (χ2n) is 7.80. The lowest BCUT2D eigenvalue weighted by Crippen LogP contribution is -2.38. The van der Waals surface area contributed by atoms with Crippen LogP contribution in [0.1, 0.15) is 58.3 Å². The van der Waals surface area contributed by atoms with Crippen molar-refractivity contribution in [2.45, 2.75) is 64.4 Å². The summed E-state index contributed by atoms with van der Waals surface area (Å²) >= 11 is 0. The van der Waals surface area contributed by atoms with Crippen LogP contribution < -0.4 is 0 Å². The maximum atomic E-state index is 12.0. The van der Waals surface area contributed by atoms with Crippen LogP contribution in [-0.2, 0) is 9.53 Å². The van der Waals surface area contributed by atoms with Gasteiger partial charge in [-0.15, -0.1) is 0 Å². The van der Waals surface area contributed by atoms with Crippen molar-refractivity contribution in [2.24, 2.45) is 17.3 Å². The van der Waals surface area contributed by atoms with Crippen LogP contribution >= 0.6 is 0 Å². The van der Waals surface area contributed by atoms with Crippen molar-refractivity contribution in [2.75, 3.05) is 7.11 Å². The largest absolute Gasteiger partial charge is 0.373 e. The molecule has 4 aliphatic rings. The molecule has 0 spiro atoms. The first kappa shape index (κ1) is 13.8. The third-order valence-electron chi connectivity index (χ3n) is 6.86. The Bertz CT molecular complexity index is 542. The predicted octanol–water partition coefficient (Wildman–Crippen LogP) is 4.21. The van der Waals surface area contributed by atoms with Crippen molar-refractivity contribution in [3.05, 3.63) is 22.8 Å². The van der Waals surface area contributed by atoms with E-state index in [1.165, 1.54) is 49.7 Å². The number of allylic oxidation sites excluding steroid dienone is 2. The van der Waals surface area contributed by atoms with Crippen LogP contribution in [-0.4, -0.2) is 19.0 Å². The molecule has 2 unspecified atom stereocenters. The third-order valence-corrected chi connectivity index (χ3v) is 6.86. The molecule has 4 aliphatic carbocycles. The summed E-state index contributed by atoms with van der Waals surface area (Å²) in [7, 11) is 1.67. The molecule has 2 saturated carbocycles. The van der Waals surface area contributed by atoms with Gasteiger partial charge in [0.2, 0.25) is 0 Å². The average molecular weight is 286 g/mol. The van der Waals surface area contributed by atoms with E-state index in [9.17, 15) is 4.79 Å². The van der Waals surface area contributed by atoms with Gasteiger partial charge in [0.15, 0.2) is 5.78 Å². The zero-order chi connectivity index (χ0) is 14.6. The molecule has 21 heavy (non-hydrogen) atoms. The first-order valence-corrected chi connectivity index (χ1v) is 8.62. The number of ether oxygens (including phenoxy) is 1. The van der Waals surface area contributed by atoms with Crippen LogP contribution in [0.3, 0.4) is 0 Å². The third kappa shape index (κ3) is 1.98. The van der Waals surface area contributed by atoms with Crippen molar-refractivity contribution in [3.63, 3.8) is 0 Å². The number of carbonyl (C=O) groups excluding carboxylic acids is 1. The van der Waals surface area contributed by atoms with Crippen LogP contribution in [0.4, 0.5) is 0 Å². The maximum Gasteiger partial charge on any atom is 0.184 e. The lowest BCUT2D eigenvalue weighted by atomic mass is 9.58. The number of carbonyl (C=O) groups is 1. The standard InChI is InChI=1S/C19H26O2/c1-19-8-3-4-16(19)14-6-5-12-10-17(20)18(21-2)11-15(12)13(14)7-9-19/h10,14,16,18H,3-9,11H2,1-2H3/t14-,16+,18?,19?/m1/s1. The van der Waals surface area contributed by atoms with Crippen molar-refractivity contribution in [1.82, 2.24) is 0 Å². The van der Waals surface area contributed by atoms with E-state index >= 15 is 0 Å². The number of fused-ring (bicyclic) bond motifs is 4. The van der Waals surface area contributed by atoms with E-state index in [0.29, 0.717) is 5.41 Å². The van der Waals surface area contributed by atoms with Crippen LogP contribution in [0.2, 0.25) is 0 Å². The van der Waals surface area contributed by atoms with Crippen molar-refractivity contribution in [1.29, 1.82) is 0 Å². The van der Waals surface area contributed by atoms with Gasteiger partial charge in [-0.25, -0.2) is 0 Å². The molecule has 114 valence electrons. The Hall–Kier alpha value is -0.890. The molecule has 2 fully saturated rings. The van der Waals surface area contributed by atoms with Gasteiger partial charge in [-0.05, 0) is 73.0 Å². The van der Waals surface area contributed by atoms with E-state index in [4.69, 9.17) is 4.74 Å². The van der Waals surface area contributed by atoms with Gasteiger partial charge in [-0.2, -0.15) is 0 Å². The Morgan fingerprint density at radius 1 is 1.24 bits per heavy atom. The van der Waals surface area contributed by atoms with Crippen molar-refractivity contribution < 1.29 is 9.53 Å². The van der Waals surface area contributed by atoms with Gasteiger partial charge >= 0.3 is 0 Å². The minimum Gasteiger partial charge on any atom is -0.373 e. The Kier molecular flexibility index (Phi) is 3.15. The maximum absolute atomic E-state index is 12.0. The summed E-state index contributed by atoms with van der Waals surface area (Å²) < 4.78 is 5.41. The first-order chi connectivity index (χ1) is 10.1. The van der Waals surface area contributed by atoms with E-state index in [-0.39, 0.29) is 11.9 Å². The zero-order valence-corrected chi connectivity index (χ0v) is 13.3. The number of rotatable bonds is 1. The highest BCUT2D eigenvalue weighted by Crippen LogP contribution is 2.59. The van der Waals surface area contributed by atoms with Gasteiger partial charge in [-0.3, -0.25) is 4.79 Å². The molecule has 0 saturated heterocycles. The highest BCUT2D eigenvalue weighted by molar-refractivity contribution is 5.96. The molecular weight excluding hydrogens is 260 g/mol. The highest BCUT2D eigenvalue weighted by Gasteiger charge is 2.49. The first-order valence-electron chi connectivity index (χ1n) is 8.62. The van der Waals surface area contributed by atoms with Gasteiger partial charge in [-0.1, -0.05) is 18.9 Å². The number of hydrogen-bond donors (Lipinski definition) is 0. The molecule has 0 amide bonds. The molecule has 0 radical (unpaired) electrons. The fourth-order valence-corrected chi connectivity index (χ4v) is 5.70. The number of ketones is 1. The SMILES string of the molecule is COC1CC2=C3CCC4(C)CCC[C@H]4[C@@H]3CCC2=CC1=O. The molecule has 0 aliphatic heterocycles. The summed E-state index contributed by atoms with van der Waals surface area (Å²) in [5.74, 6) is 1.87. The summed E-state index contributed by atoms with van der Waals surface area (Å²) in [4.78, 5) is 12.0. The van der Waals surface area contributed by atoms with Crippen molar-refractivity contribution in [3.8, 4) is 0 Å². The van der Waals surface area contributed by atoms with Gasteiger partial charge in [0.05, 0.1) is 0 Å². The summed E-state index contributed by atoms with van der Waals surface area (Å²) in [6, 6.07) is 0. The van der Waals surface area contributed by atoms with E-state index < -0.39 is 0 Å². The Balaban J connectivity index is 1.73. The van der Waals surface area contributed by atoms with Gasteiger partial charge in [0.25, 0.3) is 0 Å². The van der Waals surface area contributed by atoms with E-state index in [2.05, 4.69) is 6.92 Å². The lowest BCUT2D eigenvalue weighted by Gasteiger charge is -2.47. The lowest BCUT2D eigenvalue weighted by molar-refractivity contribution is -0.124. The Morgan fingerprint density at radius 2 is 2.10 bits per heavy atom. The highest BCUT2D eigenvalue weighted by atomic mass is 16.5. The normalized spacial score (nSPS) is 42.3. The van der Waals surface area contributed by atoms with Gasteiger partial charge < -0.3 is 4.74 Å². The number of methoxy groups -OCH3 is 1. The van der Waals surface area contributed by atoms with Crippen molar-refractivity contribution >= 4 is 5.78 Å². The summed E-state index contributed by atoms with van der Waals surface area (Å²) in [6.45, 7) is 2.53. The van der Waals surface area contributed by atoms with E-state index in [0.717, 1.165) is 24.7 Å². The van der Waals surface area contributed by atoms with Crippen LogP contribution in [0, 0.1) is 17.3 Å². The molecule has 0 aromatic carbocycles.